The third-order valence-electron chi connectivity index (χ3n) is 2.57. The van der Waals surface area contributed by atoms with Crippen LogP contribution in [0.5, 0.6) is 0 Å². The molecule has 2 rings (SSSR count). The highest BCUT2D eigenvalue weighted by Crippen LogP contribution is 2.33. The molecule has 2 nitrogen and oxygen atoms in total. The minimum Gasteiger partial charge on any atom is -0.374 e. The van der Waals surface area contributed by atoms with Crippen LogP contribution in [0.1, 0.15) is 11.5 Å². The van der Waals surface area contributed by atoms with Gasteiger partial charge in [0, 0.05) is 31.7 Å². The number of anilines is 1. The molecule has 1 heterocycles. The van der Waals surface area contributed by atoms with Crippen molar-refractivity contribution >= 4 is 5.69 Å². The first-order valence-corrected chi connectivity index (χ1v) is 4.33. The molecule has 1 aromatic rings. The van der Waals surface area contributed by atoms with Crippen molar-refractivity contribution in [3.63, 3.8) is 0 Å². The summed E-state index contributed by atoms with van der Waals surface area (Å²) in [7, 11) is 2.12. The number of nitrogens with zero attached hydrogens (tertiary/aromatic N) is 1. The second kappa shape index (κ2) is 2.79. The van der Waals surface area contributed by atoms with Crippen molar-refractivity contribution in [1.29, 1.82) is 0 Å². The van der Waals surface area contributed by atoms with Crippen molar-refractivity contribution in [3.05, 3.63) is 29.8 Å². The van der Waals surface area contributed by atoms with Crippen molar-refractivity contribution in [1.82, 2.24) is 0 Å². The Labute approximate surface area is 73.0 Å². The predicted octanol–water partition coefficient (Wildman–Crippen LogP) is 1.18. The van der Waals surface area contributed by atoms with Gasteiger partial charge in [0.15, 0.2) is 0 Å². The SMILES string of the molecule is CN1CC(CN)c2ccccc21. The Hall–Kier alpha value is -1.02. The molecule has 0 aliphatic carbocycles. The highest BCUT2D eigenvalue weighted by molar-refractivity contribution is 5.59. The zero-order chi connectivity index (χ0) is 8.55. The molecule has 0 aromatic heterocycles. The number of hydrogen-bond acceptors (Lipinski definition) is 2. The maximum absolute atomic E-state index is 5.68. The van der Waals surface area contributed by atoms with Gasteiger partial charge in [-0.25, -0.2) is 0 Å². The lowest BCUT2D eigenvalue weighted by molar-refractivity contribution is 0.730. The van der Waals surface area contributed by atoms with Crippen LogP contribution in [0.15, 0.2) is 24.3 Å². The van der Waals surface area contributed by atoms with Gasteiger partial charge in [0.2, 0.25) is 0 Å². The highest BCUT2D eigenvalue weighted by atomic mass is 15.1. The summed E-state index contributed by atoms with van der Waals surface area (Å²) in [4.78, 5) is 2.27. The third-order valence-corrected chi connectivity index (χ3v) is 2.57. The van der Waals surface area contributed by atoms with Crippen LogP contribution < -0.4 is 10.6 Å². The van der Waals surface area contributed by atoms with E-state index >= 15 is 0 Å². The van der Waals surface area contributed by atoms with E-state index in [2.05, 4.69) is 36.2 Å². The molecule has 0 saturated heterocycles. The molecule has 12 heavy (non-hydrogen) atoms. The Morgan fingerprint density at radius 1 is 1.50 bits per heavy atom. The van der Waals surface area contributed by atoms with Gasteiger partial charge in [0.1, 0.15) is 0 Å². The van der Waals surface area contributed by atoms with Crippen molar-refractivity contribution < 1.29 is 0 Å². The van der Waals surface area contributed by atoms with E-state index in [-0.39, 0.29) is 0 Å². The van der Waals surface area contributed by atoms with Gasteiger partial charge in [-0.15, -0.1) is 0 Å². The zero-order valence-corrected chi connectivity index (χ0v) is 7.33. The quantitative estimate of drug-likeness (QED) is 0.672. The number of likely N-dealkylation sites (N-methyl/N-ethyl adjacent to an activating group) is 1. The smallest absolute Gasteiger partial charge is 0.0400 e. The van der Waals surface area contributed by atoms with E-state index in [9.17, 15) is 0 Å². The van der Waals surface area contributed by atoms with E-state index in [0.29, 0.717) is 5.92 Å². The lowest BCUT2D eigenvalue weighted by Crippen LogP contribution is -2.20. The van der Waals surface area contributed by atoms with Gasteiger partial charge in [-0.3, -0.25) is 0 Å². The van der Waals surface area contributed by atoms with Crippen LogP contribution in [-0.4, -0.2) is 20.1 Å². The predicted molar refractivity (Wildman–Crippen MR) is 51.5 cm³/mol. The standard InChI is InChI=1S/C10H14N2/c1-12-7-8(6-11)9-4-2-3-5-10(9)12/h2-5,8H,6-7,11H2,1H3. The summed E-state index contributed by atoms with van der Waals surface area (Å²) in [6, 6.07) is 8.50. The maximum Gasteiger partial charge on any atom is 0.0400 e. The first-order chi connectivity index (χ1) is 5.83. The van der Waals surface area contributed by atoms with Crippen molar-refractivity contribution in [2.75, 3.05) is 25.0 Å². The fourth-order valence-corrected chi connectivity index (χ4v) is 1.91. The number of nitrogens with two attached hydrogens (primary N) is 1. The Morgan fingerprint density at radius 3 is 3.00 bits per heavy atom. The minimum atomic E-state index is 0.534. The van der Waals surface area contributed by atoms with E-state index < -0.39 is 0 Å². The van der Waals surface area contributed by atoms with Gasteiger partial charge in [-0.1, -0.05) is 18.2 Å². The first-order valence-electron chi connectivity index (χ1n) is 4.33. The van der Waals surface area contributed by atoms with Crippen LogP contribution >= 0.6 is 0 Å². The average molecular weight is 162 g/mol. The molecule has 2 N–H and O–H groups in total. The normalized spacial score (nSPS) is 21.2. The fraction of sp³-hybridized carbons (Fsp3) is 0.400. The molecule has 0 radical (unpaired) electrons. The van der Waals surface area contributed by atoms with Gasteiger partial charge in [-0.05, 0) is 11.6 Å². The Kier molecular flexibility index (Phi) is 1.77. The Morgan fingerprint density at radius 2 is 2.25 bits per heavy atom. The fourth-order valence-electron chi connectivity index (χ4n) is 1.91. The van der Waals surface area contributed by atoms with E-state index in [4.69, 9.17) is 5.73 Å². The van der Waals surface area contributed by atoms with Crippen LogP contribution in [0.3, 0.4) is 0 Å². The number of rotatable bonds is 1. The molecule has 0 amide bonds. The molecule has 1 aromatic carbocycles. The molecular weight excluding hydrogens is 148 g/mol. The molecular formula is C10H14N2. The number of fused-ring (bicyclic) bond motifs is 1. The van der Waals surface area contributed by atoms with Crippen molar-refractivity contribution in [2.24, 2.45) is 5.73 Å². The Bertz CT molecular complexity index is 283. The van der Waals surface area contributed by atoms with Crippen molar-refractivity contribution in [3.8, 4) is 0 Å². The Balaban J connectivity index is 2.43. The van der Waals surface area contributed by atoms with E-state index in [1.54, 1.807) is 0 Å². The summed E-state index contributed by atoms with van der Waals surface area (Å²) in [5.74, 6) is 0.534. The first kappa shape index (κ1) is 7.62. The minimum absolute atomic E-state index is 0.534. The van der Waals surface area contributed by atoms with Crippen LogP contribution in [0.25, 0.3) is 0 Å². The van der Waals surface area contributed by atoms with E-state index in [0.717, 1.165) is 13.1 Å². The monoisotopic (exact) mass is 162 g/mol. The molecule has 1 atom stereocenters. The summed E-state index contributed by atoms with van der Waals surface area (Å²) in [5.41, 5.74) is 8.43. The molecule has 0 bridgehead atoms. The molecule has 0 spiro atoms. The van der Waals surface area contributed by atoms with E-state index in [1.165, 1.54) is 11.3 Å². The summed E-state index contributed by atoms with van der Waals surface area (Å²) < 4.78 is 0. The van der Waals surface area contributed by atoms with E-state index in [1.807, 2.05) is 0 Å². The molecule has 0 saturated carbocycles. The number of para-hydroxylation sites is 1. The zero-order valence-electron chi connectivity index (χ0n) is 7.33. The summed E-state index contributed by atoms with van der Waals surface area (Å²) >= 11 is 0. The van der Waals surface area contributed by atoms with Crippen LogP contribution in [0.2, 0.25) is 0 Å². The maximum atomic E-state index is 5.68. The lowest BCUT2D eigenvalue weighted by Gasteiger charge is -2.11. The number of benzene rings is 1. The van der Waals surface area contributed by atoms with Gasteiger partial charge in [0.05, 0.1) is 0 Å². The highest BCUT2D eigenvalue weighted by Gasteiger charge is 2.23. The van der Waals surface area contributed by atoms with Gasteiger partial charge >= 0.3 is 0 Å². The summed E-state index contributed by atoms with van der Waals surface area (Å²) in [5, 5.41) is 0. The second-order valence-corrected chi connectivity index (χ2v) is 3.37. The van der Waals surface area contributed by atoms with Crippen molar-refractivity contribution in [2.45, 2.75) is 5.92 Å². The number of hydrogen-bond donors (Lipinski definition) is 1. The molecule has 1 aliphatic rings. The van der Waals surface area contributed by atoms with Gasteiger partial charge in [0.25, 0.3) is 0 Å². The molecule has 64 valence electrons. The largest absolute Gasteiger partial charge is 0.374 e. The van der Waals surface area contributed by atoms with Crippen LogP contribution in [0.4, 0.5) is 5.69 Å². The van der Waals surface area contributed by atoms with Gasteiger partial charge < -0.3 is 10.6 Å². The van der Waals surface area contributed by atoms with Gasteiger partial charge in [-0.2, -0.15) is 0 Å². The molecule has 0 fully saturated rings. The van der Waals surface area contributed by atoms with Crippen LogP contribution in [0, 0.1) is 0 Å². The summed E-state index contributed by atoms with van der Waals surface area (Å²) in [6.45, 7) is 1.82. The topological polar surface area (TPSA) is 29.3 Å². The molecule has 2 heteroatoms. The molecule has 1 unspecified atom stereocenters. The average Bonchev–Trinajstić information content (AvgIpc) is 2.44. The molecule has 1 aliphatic heterocycles. The lowest BCUT2D eigenvalue weighted by atomic mass is 10.0. The third kappa shape index (κ3) is 0.994. The van der Waals surface area contributed by atoms with Crippen LogP contribution in [-0.2, 0) is 0 Å². The summed E-state index contributed by atoms with van der Waals surface area (Å²) in [6.07, 6.45) is 0. The second-order valence-electron chi connectivity index (χ2n) is 3.37.